The van der Waals surface area contributed by atoms with Crippen molar-refractivity contribution in [2.45, 2.75) is 6.92 Å². The van der Waals surface area contributed by atoms with E-state index in [4.69, 9.17) is 10.2 Å². The highest BCUT2D eigenvalue weighted by Crippen LogP contribution is 2.27. The van der Waals surface area contributed by atoms with Crippen LogP contribution in [-0.2, 0) is 0 Å². The Labute approximate surface area is 114 Å². The smallest absolute Gasteiger partial charge is 0.227 e. The molecule has 3 aromatic rings. The number of nitrogens with zero attached hydrogens (tertiary/aromatic N) is 2. The molecule has 2 N–H and O–H groups in total. The second-order valence-electron chi connectivity index (χ2n) is 4.43. The predicted octanol–water partition coefficient (Wildman–Crippen LogP) is 3.64. The molecular weight excluding hydrogens is 257 g/mol. The van der Waals surface area contributed by atoms with Gasteiger partial charge >= 0.3 is 0 Å². The van der Waals surface area contributed by atoms with Gasteiger partial charge in [-0.25, -0.2) is 14.4 Å². The zero-order chi connectivity index (χ0) is 14.1. The van der Waals surface area contributed by atoms with Crippen molar-refractivity contribution in [1.82, 2.24) is 4.98 Å². The normalized spacial score (nSPS) is 12.0. The van der Waals surface area contributed by atoms with Gasteiger partial charge in [-0.15, -0.1) is 0 Å². The number of hydrogen-bond acceptors (Lipinski definition) is 3. The van der Waals surface area contributed by atoms with Crippen molar-refractivity contribution in [3.63, 3.8) is 0 Å². The number of aromatic nitrogens is 1. The van der Waals surface area contributed by atoms with E-state index in [-0.39, 0.29) is 5.82 Å². The minimum Gasteiger partial charge on any atom is -0.436 e. The van der Waals surface area contributed by atoms with Crippen LogP contribution < -0.4 is 5.73 Å². The first-order valence-corrected chi connectivity index (χ1v) is 6.09. The molecular formula is C15H12FN3O. The van der Waals surface area contributed by atoms with Crippen LogP contribution in [0.4, 0.5) is 10.1 Å². The Bertz CT molecular complexity index is 786. The second kappa shape index (κ2) is 4.77. The maximum Gasteiger partial charge on any atom is 0.227 e. The van der Waals surface area contributed by atoms with Crippen molar-refractivity contribution in [2.75, 3.05) is 0 Å². The Morgan fingerprint density at radius 3 is 2.65 bits per heavy atom. The molecule has 0 bridgehead atoms. The van der Waals surface area contributed by atoms with Crippen LogP contribution in [0, 0.1) is 5.82 Å². The minimum absolute atomic E-state index is 0.292. The Morgan fingerprint density at radius 1 is 1.20 bits per heavy atom. The summed E-state index contributed by atoms with van der Waals surface area (Å²) < 4.78 is 18.5. The molecule has 0 fully saturated rings. The van der Waals surface area contributed by atoms with Crippen molar-refractivity contribution in [3.05, 3.63) is 48.3 Å². The highest BCUT2D eigenvalue weighted by atomic mass is 19.1. The van der Waals surface area contributed by atoms with Gasteiger partial charge in [0.05, 0.1) is 11.5 Å². The molecule has 20 heavy (non-hydrogen) atoms. The van der Waals surface area contributed by atoms with Crippen LogP contribution in [0.1, 0.15) is 6.92 Å². The van der Waals surface area contributed by atoms with Gasteiger partial charge in [-0.05, 0) is 49.4 Å². The number of hydrogen-bond donors (Lipinski definition) is 1. The predicted molar refractivity (Wildman–Crippen MR) is 76.4 cm³/mol. The van der Waals surface area contributed by atoms with E-state index in [2.05, 4.69) is 9.98 Å². The molecule has 0 aliphatic carbocycles. The number of benzene rings is 2. The van der Waals surface area contributed by atoms with Crippen molar-refractivity contribution in [2.24, 2.45) is 10.7 Å². The third-order valence-corrected chi connectivity index (χ3v) is 2.77. The standard InChI is InChI=1S/C15H12FN3O/c1-9(17)18-12-6-7-14-13(8-12)19-15(20-14)10-2-4-11(16)5-3-10/h2-8H,1H3,(H2,17,18). The summed E-state index contributed by atoms with van der Waals surface area (Å²) >= 11 is 0. The fourth-order valence-corrected chi connectivity index (χ4v) is 1.90. The van der Waals surface area contributed by atoms with Crippen LogP contribution >= 0.6 is 0 Å². The topological polar surface area (TPSA) is 64.4 Å². The largest absolute Gasteiger partial charge is 0.436 e. The molecule has 3 rings (SSSR count). The number of fused-ring (bicyclic) bond motifs is 1. The lowest BCUT2D eigenvalue weighted by Crippen LogP contribution is -2.03. The average molecular weight is 269 g/mol. The zero-order valence-corrected chi connectivity index (χ0v) is 10.8. The monoisotopic (exact) mass is 269 g/mol. The number of nitrogens with two attached hydrogens (primary N) is 1. The van der Waals surface area contributed by atoms with E-state index >= 15 is 0 Å². The van der Waals surface area contributed by atoms with Gasteiger partial charge in [0.1, 0.15) is 11.3 Å². The summed E-state index contributed by atoms with van der Waals surface area (Å²) in [5, 5.41) is 0. The average Bonchev–Trinajstić information content (AvgIpc) is 2.81. The molecule has 1 heterocycles. The maximum absolute atomic E-state index is 12.9. The summed E-state index contributed by atoms with van der Waals surface area (Å²) in [6.45, 7) is 1.72. The lowest BCUT2D eigenvalue weighted by Gasteiger charge is -1.93. The molecule has 100 valence electrons. The van der Waals surface area contributed by atoms with Gasteiger partial charge in [0.2, 0.25) is 5.89 Å². The fourth-order valence-electron chi connectivity index (χ4n) is 1.90. The van der Waals surface area contributed by atoms with Crippen LogP contribution in [0.15, 0.2) is 51.9 Å². The third kappa shape index (κ3) is 2.38. The van der Waals surface area contributed by atoms with Crippen molar-refractivity contribution in [1.29, 1.82) is 0 Å². The third-order valence-electron chi connectivity index (χ3n) is 2.77. The van der Waals surface area contributed by atoms with E-state index < -0.39 is 0 Å². The van der Waals surface area contributed by atoms with Crippen LogP contribution in [-0.4, -0.2) is 10.8 Å². The molecule has 0 spiro atoms. The van der Waals surface area contributed by atoms with Gasteiger partial charge in [0.15, 0.2) is 5.58 Å². The molecule has 0 saturated carbocycles. The van der Waals surface area contributed by atoms with Crippen LogP contribution in [0.3, 0.4) is 0 Å². The molecule has 1 aromatic heterocycles. The summed E-state index contributed by atoms with van der Waals surface area (Å²) in [7, 11) is 0. The Kier molecular flexibility index (Phi) is 2.95. The van der Waals surface area contributed by atoms with E-state index in [9.17, 15) is 4.39 Å². The fraction of sp³-hybridized carbons (Fsp3) is 0.0667. The molecule has 0 amide bonds. The lowest BCUT2D eigenvalue weighted by molar-refractivity contribution is 0.616. The molecule has 5 heteroatoms. The Balaban J connectivity index is 2.06. The lowest BCUT2D eigenvalue weighted by atomic mass is 10.2. The van der Waals surface area contributed by atoms with E-state index in [0.717, 1.165) is 11.3 Å². The first-order chi connectivity index (χ1) is 9.61. The summed E-state index contributed by atoms with van der Waals surface area (Å²) in [5.74, 6) is 0.636. The highest BCUT2D eigenvalue weighted by Gasteiger charge is 2.08. The van der Waals surface area contributed by atoms with Crippen LogP contribution in [0.5, 0.6) is 0 Å². The molecule has 0 saturated heterocycles. The van der Waals surface area contributed by atoms with Gasteiger partial charge in [0, 0.05) is 5.56 Å². The zero-order valence-electron chi connectivity index (χ0n) is 10.8. The first kappa shape index (κ1) is 12.3. The highest BCUT2D eigenvalue weighted by molar-refractivity contribution is 5.84. The van der Waals surface area contributed by atoms with Gasteiger partial charge in [0.25, 0.3) is 0 Å². The van der Waals surface area contributed by atoms with Crippen molar-refractivity contribution in [3.8, 4) is 11.5 Å². The minimum atomic E-state index is -0.292. The second-order valence-corrected chi connectivity index (χ2v) is 4.43. The van der Waals surface area contributed by atoms with Crippen LogP contribution in [0.2, 0.25) is 0 Å². The molecule has 0 aliphatic heterocycles. The van der Waals surface area contributed by atoms with Gasteiger partial charge in [-0.1, -0.05) is 0 Å². The van der Waals surface area contributed by atoms with E-state index in [0.29, 0.717) is 22.8 Å². The number of oxazole rings is 1. The maximum atomic E-state index is 12.9. The van der Waals surface area contributed by atoms with Crippen LogP contribution in [0.25, 0.3) is 22.6 Å². The number of halogens is 1. The molecule has 0 radical (unpaired) electrons. The number of amidine groups is 1. The van der Waals surface area contributed by atoms with E-state index in [1.807, 2.05) is 0 Å². The molecule has 2 aromatic carbocycles. The summed E-state index contributed by atoms with van der Waals surface area (Å²) in [5.41, 5.74) is 8.33. The number of rotatable bonds is 2. The summed E-state index contributed by atoms with van der Waals surface area (Å²) in [6, 6.07) is 11.4. The van der Waals surface area contributed by atoms with E-state index in [1.54, 1.807) is 37.3 Å². The van der Waals surface area contributed by atoms with Crippen molar-refractivity contribution >= 4 is 22.6 Å². The summed E-state index contributed by atoms with van der Waals surface area (Å²) in [6.07, 6.45) is 0. The quantitative estimate of drug-likeness (QED) is 0.570. The summed E-state index contributed by atoms with van der Waals surface area (Å²) in [4.78, 5) is 8.55. The molecule has 0 atom stereocenters. The molecule has 0 aliphatic rings. The van der Waals surface area contributed by atoms with Gasteiger partial charge < -0.3 is 10.2 Å². The Hall–Kier alpha value is -2.69. The van der Waals surface area contributed by atoms with Crippen molar-refractivity contribution < 1.29 is 8.81 Å². The first-order valence-electron chi connectivity index (χ1n) is 6.09. The SMILES string of the molecule is CC(N)=Nc1ccc2oc(-c3ccc(F)cc3)nc2c1. The molecule has 4 nitrogen and oxygen atoms in total. The van der Waals surface area contributed by atoms with E-state index in [1.165, 1.54) is 12.1 Å². The number of aliphatic imine (C=N–C) groups is 1. The Morgan fingerprint density at radius 2 is 1.95 bits per heavy atom. The van der Waals surface area contributed by atoms with Gasteiger partial charge in [-0.3, -0.25) is 0 Å². The van der Waals surface area contributed by atoms with Gasteiger partial charge in [-0.2, -0.15) is 0 Å². The molecule has 0 unspecified atom stereocenters.